The Morgan fingerprint density at radius 2 is 2.12 bits per heavy atom. The predicted octanol–water partition coefficient (Wildman–Crippen LogP) is 2.37. The fourth-order valence-electron chi connectivity index (χ4n) is 2.39. The molecule has 0 radical (unpaired) electrons. The van der Waals surface area contributed by atoms with Crippen LogP contribution in [0.15, 0.2) is 23.0 Å². The minimum atomic E-state index is -0.695. The number of halogens is 1. The third-order valence-electron chi connectivity index (χ3n) is 3.50. The van der Waals surface area contributed by atoms with Crippen LogP contribution in [-0.4, -0.2) is 25.9 Å². The molecule has 0 aliphatic heterocycles. The number of aromatic nitrogens is 4. The van der Waals surface area contributed by atoms with E-state index in [0.29, 0.717) is 16.6 Å². The van der Waals surface area contributed by atoms with Crippen molar-refractivity contribution in [1.82, 2.24) is 20.0 Å². The minimum absolute atomic E-state index is 0.0976. The van der Waals surface area contributed by atoms with Crippen LogP contribution in [0.4, 0.5) is 9.52 Å². The Balaban J connectivity index is 1.93. The van der Waals surface area contributed by atoms with Crippen molar-refractivity contribution in [1.29, 1.82) is 0 Å². The Hall–Kier alpha value is -2.68. The second-order valence-electron chi connectivity index (χ2n) is 6.02. The lowest BCUT2D eigenvalue weighted by molar-refractivity contribution is 0.101. The molecule has 0 fully saturated rings. The summed E-state index contributed by atoms with van der Waals surface area (Å²) in [6, 6.07) is 3.78. The van der Waals surface area contributed by atoms with E-state index in [0.717, 1.165) is 17.5 Å². The van der Waals surface area contributed by atoms with Crippen molar-refractivity contribution in [2.24, 2.45) is 13.0 Å². The molecule has 0 bridgehead atoms. The molecule has 130 valence electrons. The van der Waals surface area contributed by atoms with Gasteiger partial charge in [0.05, 0.1) is 10.9 Å². The van der Waals surface area contributed by atoms with Gasteiger partial charge in [-0.1, -0.05) is 25.2 Å². The molecule has 2 heterocycles. The fraction of sp³-hybridized carbons (Fsp3) is 0.312. The molecule has 1 N–H and O–H groups in total. The second-order valence-corrected chi connectivity index (χ2v) is 7.08. The number of carbonyl (C=O) groups is 1. The van der Waals surface area contributed by atoms with Crippen molar-refractivity contribution in [3.63, 3.8) is 0 Å². The molecule has 0 saturated heterocycles. The molecule has 3 rings (SSSR count). The van der Waals surface area contributed by atoms with E-state index in [1.807, 2.05) is 0 Å². The number of amides is 1. The number of carbonyl (C=O) groups excluding carboxylic acids is 1. The van der Waals surface area contributed by atoms with Gasteiger partial charge in [0.15, 0.2) is 5.69 Å². The lowest BCUT2D eigenvalue weighted by Gasteiger charge is -2.07. The Morgan fingerprint density at radius 1 is 1.36 bits per heavy atom. The highest BCUT2D eigenvalue weighted by Gasteiger charge is 2.19. The first kappa shape index (κ1) is 17.2. The molecule has 1 aromatic carbocycles. The smallest absolute Gasteiger partial charge is 0.282 e. The van der Waals surface area contributed by atoms with E-state index in [-0.39, 0.29) is 11.1 Å². The number of nitrogens with zero attached hydrogens (tertiary/aromatic N) is 4. The summed E-state index contributed by atoms with van der Waals surface area (Å²) in [4.78, 5) is 24.9. The van der Waals surface area contributed by atoms with Gasteiger partial charge in [-0.05, 0) is 24.1 Å². The SMILES string of the molecule is CC(C)Cc1nnc(NC(=O)c2nn(C)c3ccc(F)cc3c2=O)s1. The zero-order chi connectivity index (χ0) is 18.1. The monoisotopic (exact) mass is 361 g/mol. The highest BCUT2D eigenvalue weighted by atomic mass is 32.1. The summed E-state index contributed by atoms with van der Waals surface area (Å²) in [5.74, 6) is -0.829. The maximum atomic E-state index is 13.4. The summed E-state index contributed by atoms with van der Waals surface area (Å²) in [5.41, 5.74) is -0.503. The van der Waals surface area contributed by atoms with Crippen molar-refractivity contribution in [2.75, 3.05) is 5.32 Å². The Labute approximate surface area is 146 Å². The Kier molecular flexibility index (Phi) is 4.58. The number of fused-ring (bicyclic) bond motifs is 1. The lowest BCUT2D eigenvalue weighted by Crippen LogP contribution is -2.26. The first-order valence-corrected chi connectivity index (χ1v) is 8.47. The van der Waals surface area contributed by atoms with Crippen LogP contribution in [0.2, 0.25) is 0 Å². The molecule has 0 unspecified atom stereocenters. The van der Waals surface area contributed by atoms with Gasteiger partial charge < -0.3 is 0 Å². The lowest BCUT2D eigenvalue weighted by atomic mass is 10.1. The number of hydrogen-bond donors (Lipinski definition) is 1. The van der Waals surface area contributed by atoms with E-state index in [2.05, 4.69) is 34.5 Å². The van der Waals surface area contributed by atoms with Gasteiger partial charge in [-0.25, -0.2) is 4.39 Å². The van der Waals surface area contributed by atoms with Gasteiger partial charge >= 0.3 is 0 Å². The third kappa shape index (κ3) is 3.55. The maximum Gasteiger partial charge on any atom is 0.282 e. The van der Waals surface area contributed by atoms with E-state index in [1.54, 1.807) is 7.05 Å². The molecule has 2 aromatic heterocycles. The van der Waals surface area contributed by atoms with Crippen LogP contribution in [0.1, 0.15) is 29.3 Å². The molecule has 0 aliphatic carbocycles. The minimum Gasteiger partial charge on any atom is -0.295 e. The van der Waals surface area contributed by atoms with Gasteiger partial charge in [-0.3, -0.25) is 19.6 Å². The zero-order valence-electron chi connectivity index (χ0n) is 13.9. The van der Waals surface area contributed by atoms with Crippen LogP contribution in [-0.2, 0) is 13.5 Å². The zero-order valence-corrected chi connectivity index (χ0v) is 14.7. The van der Waals surface area contributed by atoms with Gasteiger partial charge in [0, 0.05) is 13.5 Å². The van der Waals surface area contributed by atoms with E-state index in [4.69, 9.17) is 0 Å². The molecular weight excluding hydrogens is 345 g/mol. The van der Waals surface area contributed by atoms with Crippen LogP contribution in [0, 0.1) is 11.7 Å². The number of hydrogen-bond acceptors (Lipinski definition) is 6. The van der Waals surface area contributed by atoms with Gasteiger partial charge in [-0.2, -0.15) is 5.10 Å². The molecular formula is C16H16FN5O2S. The summed E-state index contributed by atoms with van der Waals surface area (Å²) in [7, 11) is 1.59. The summed E-state index contributed by atoms with van der Waals surface area (Å²) in [5, 5.41) is 15.6. The molecule has 7 nitrogen and oxygen atoms in total. The average molecular weight is 361 g/mol. The maximum absolute atomic E-state index is 13.4. The normalized spacial score (nSPS) is 11.2. The van der Waals surface area contributed by atoms with E-state index < -0.39 is 17.2 Å². The highest BCUT2D eigenvalue weighted by Crippen LogP contribution is 2.19. The number of benzene rings is 1. The molecule has 0 aliphatic rings. The van der Waals surface area contributed by atoms with E-state index >= 15 is 0 Å². The highest BCUT2D eigenvalue weighted by molar-refractivity contribution is 7.15. The molecule has 25 heavy (non-hydrogen) atoms. The van der Waals surface area contributed by atoms with E-state index in [9.17, 15) is 14.0 Å². The topological polar surface area (TPSA) is 89.8 Å². The van der Waals surface area contributed by atoms with Crippen LogP contribution in [0.3, 0.4) is 0 Å². The van der Waals surface area contributed by atoms with Gasteiger partial charge in [0.1, 0.15) is 10.8 Å². The molecule has 0 atom stereocenters. The molecule has 1 amide bonds. The summed E-state index contributed by atoms with van der Waals surface area (Å²) >= 11 is 1.25. The van der Waals surface area contributed by atoms with Crippen LogP contribution < -0.4 is 10.7 Å². The second kappa shape index (κ2) is 6.67. The average Bonchev–Trinajstić information content (AvgIpc) is 2.96. The molecule has 9 heteroatoms. The van der Waals surface area contributed by atoms with E-state index in [1.165, 1.54) is 28.2 Å². The number of aryl methyl sites for hydroxylation is 1. The summed E-state index contributed by atoms with van der Waals surface area (Å²) in [6.45, 7) is 4.11. The molecule has 0 saturated carbocycles. The van der Waals surface area contributed by atoms with Crippen LogP contribution in [0.25, 0.3) is 10.9 Å². The van der Waals surface area contributed by atoms with Gasteiger partial charge in [0.2, 0.25) is 10.6 Å². The van der Waals surface area contributed by atoms with Crippen molar-refractivity contribution in [2.45, 2.75) is 20.3 Å². The van der Waals surface area contributed by atoms with Crippen LogP contribution in [0.5, 0.6) is 0 Å². The summed E-state index contributed by atoms with van der Waals surface area (Å²) < 4.78 is 14.8. The predicted molar refractivity (Wildman–Crippen MR) is 93.3 cm³/mol. The van der Waals surface area contributed by atoms with Crippen LogP contribution >= 0.6 is 11.3 Å². The van der Waals surface area contributed by atoms with Crippen molar-refractivity contribution >= 4 is 33.3 Å². The number of anilines is 1. The van der Waals surface area contributed by atoms with Crippen molar-refractivity contribution < 1.29 is 9.18 Å². The first-order valence-electron chi connectivity index (χ1n) is 7.65. The number of rotatable bonds is 4. The summed E-state index contributed by atoms with van der Waals surface area (Å²) in [6.07, 6.45) is 0.753. The molecule has 3 aromatic rings. The number of nitrogens with one attached hydrogen (secondary N) is 1. The standard InChI is InChI=1S/C16H16FN5O2S/c1-8(2)6-12-19-20-16(25-12)18-15(24)13-14(23)10-7-9(17)4-5-11(10)22(3)21-13/h4-5,7-8H,6H2,1-3H3,(H,18,20,24). The quantitative estimate of drug-likeness (QED) is 0.770. The fourth-order valence-corrected chi connectivity index (χ4v) is 3.34. The van der Waals surface area contributed by atoms with Crippen molar-refractivity contribution in [3.05, 3.63) is 44.9 Å². The first-order chi connectivity index (χ1) is 11.8. The molecule has 0 spiro atoms. The third-order valence-corrected chi connectivity index (χ3v) is 4.36. The van der Waals surface area contributed by atoms with Gasteiger partial charge in [0.25, 0.3) is 5.91 Å². The Morgan fingerprint density at radius 3 is 2.84 bits per heavy atom. The largest absolute Gasteiger partial charge is 0.295 e. The van der Waals surface area contributed by atoms with Crippen molar-refractivity contribution in [3.8, 4) is 0 Å². The Bertz CT molecular complexity index is 1010. The van der Waals surface area contributed by atoms with Gasteiger partial charge in [-0.15, -0.1) is 10.2 Å².